The summed E-state index contributed by atoms with van der Waals surface area (Å²) in [6.45, 7) is 0. The van der Waals surface area contributed by atoms with Crippen LogP contribution >= 0.6 is 0 Å². The predicted octanol–water partition coefficient (Wildman–Crippen LogP) is -1.40. The normalized spacial score (nSPS) is 22.2. The second kappa shape index (κ2) is 3.18. The first-order chi connectivity index (χ1) is 5.59. The number of ether oxygens (including phenoxy) is 1. The summed E-state index contributed by atoms with van der Waals surface area (Å²) >= 11 is 0. The van der Waals surface area contributed by atoms with E-state index in [2.05, 4.69) is 10.2 Å². The van der Waals surface area contributed by atoms with Crippen LogP contribution in [0.15, 0.2) is 0 Å². The van der Waals surface area contributed by atoms with Crippen LogP contribution in [0.25, 0.3) is 0 Å². The van der Waals surface area contributed by atoms with Crippen molar-refractivity contribution in [3.63, 3.8) is 0 Å². The highest BCUT2D eigenvalue weighted by Gasteiger charge is 2.33. The van der Waals surface area contributed by atoms with Gasteiger partial charge in [-0.3, -0.25) is 10.2 Å². The Labute approximate surface area is 66.7 Å². The van der Waals surface area contributed by atoms with Gasteiger partial charge in [-0.2, -0.15) is 0 Å². The molecule has 0 radical (unpaired) electrons. The third-order valence-corrected chi connectivity index (χ3v) is 1.22. The van der Waals surface area contributed by atoms with E-state index in [0.717, 1.165) is 0 Å². The van der Waals surface area contributed by atoms with Gasteiger partial charge < -0.3 is 9.84 Å². The van der Waals surface area contributed by atoms with Crippen molar-refractivity contribution in [1.82, 2.24) is 10.9 Å². The number of amides is 1. The number of hydrogen-bond acceptors (Lipinski definition) is 5. The molecule has 7 heteroatoms. The van der Waals surface area contributed by atoms with Crippen molar-refractivity contribution >= 4 is 18.0 Å². The second-order valence-electron chi connectivity index (χ2n) is 2.12. The SMILES string of the molecule is O=C(O)NNC1CC(=O)OC1=O. The zero-order valence-corrected chi connectivity index (χ0v) is 5.86. The summed E-state index contributed by atoms with van der Waals surface area (Å²) in [6, 6.07) is -0.909. The molecule has 1 amide bonds. The highest BCUT2D eigenvalue weighted by molar-refractivity contribution is 5.96. The first kappa shape index (κ1) is 8.47. The molecule has 1 aliphatic rings. The van der Waals surface area contributed by atoms with Crippen LogP contribution in [-0.2, 0) is 14.3 Å². The molecule has 0 aliphatic carbocycles. The van der Waals surface area contributed by atoms with Crippen molar-refractivity contribution in [2.45, 2.75) is 12.5 Å². The standard InChI is InChI=1S/C5H6N2O5/c8-3-1-2(4(9)12-3)6-7-5(10)11/h2,6-7H,1H2,(H,10,11). The Hall–Kier alpha value is -1.63. The zero-order chi connectivity index (χ0) is 9.14. The van der Waals surface area contributed by atoms with E-state index in [0.29, 0.717) is 0 Å². The lowest BCUT2D eigenvalue weighted by Gasteiger charge is -2.05. The molecule has 0 spiro atoms. The van der Waals surface area contributed by atoms with Gasteiger partial charge in [-0.1, -0.05) is 0 Å². The molecule has 0 bridgehead atoms. The average molecular weight is 174 g/mol. The number of carbonyl (C=O) groups excluding carboxylic acids is 2. The number of rotatable bonds is 2. The van der Waals surface area contributed by atoms with Crippen molar-refractivity contribution in [3.8, 4) is 0 Å². The minimum atomic E-state index is -1.33. The summed E-state index contributed by atoms with van der Waals surface area (Å²) in [6.07, 6.45) is -1.49. The fraction of sp³-hybridized carbons (Fsp3) is 0.400. The lowest BCUT2D eigenvalue weighted by atomic mass is 10.3. The minimum absolute atomic E-state index is 0.154. The van der Waals surface area contributed by atoms with Crippen molar-refractivity contribution in [1.29, 1.82) is 0 Å². The molecule has 1 saturated heterocycles. The molecule has 1 rings (SSSR count). The number of hydrogen-bond donors (Lipinski definition) is 3. The zero-order valence-electron chi connectivity index (χ0n) is 5.86. The highest BCUT2D eigenvalue weighted by atomic mass is 16.6. The molecule has 1 heterocycles. The fourth-order valence-electron chi connectivity index (χ4n) is 0.734. The summed E-state index contributed by atoms with van der Waals surface area (Å²) in [5.41, 5.74) is 3.87. The van der Waals surface area contributed by atoms with E-state index in [1.54, 1.807) is 5.43 Å². The van der Waals surface area contributed by atoms with Gasteiger partial charge in [0, 0.05) is 0 Å². The van der Waals surface area contributed by atoms with Gasteiger partial charge in [0.15, 0.2) is 0 Å². The number of nitrogens with one attached hydrogen (secondary N) is 2. The van der Waals surface area contributed by atoms with E-state index in [1.165, 1.54) is 0 Å². The smallest absolute Gasteiger partial charge is 0.419 e. The van der Waals surface area contributed by atoms with Crippen LogP contribution < -0.4 is 10.9 Å². The monoisotopic (exact) mass is 174 g/mol. The summed E-state index contributed by atoms with van der Waals surface area (Å²) in [5, 5.41) is 8.12. The molecule has 0 saturated carbocycles. The molecular formula is C5H6N2O5. The van der Waals surface area contributed by atoms with Gasteiger partial charge in [0.1, 0.15) is 6.04 Å². The number of carboxylic acid groups (broad SMARTS) is 1. The predicted molar refractivity (Wildman–Crippen MR) is 33.8 cm³/mol. The van der Waals surface area contributed by atoms with Gasteiger partial charge in [-0.05, 0) is 0 Å². The number of hydrazine groups is 1. The van der Waals surface area contributed by atoms with Crippen LogP contribution in [-0.4, -0.2) is 29.2 Å². The minimum Gasteiger partial charge on any atom is -0.464 e. The maximum atomic E-state index is 10.7. The Morgan fingerprint density at radius 3 is 2.67 bits per heavy atom. The van der Waals surface area contributed by atoms with Crippen LogP contribution in [0, 0.1) is 0 Å². The Kier molecular flexibility index (Phi) is 2.24. The molecule has 0 aromatic heterocycles. The van der Waals surface area contributed by atoms with E-state index in [1.807, 2.05) is 0 Å². The van der Waals surface area contributed by atoms with Crippen molar-refractivity contribution in [2.75, 3.05) is 0 Å². The van der Waals surface area contributed by atoms with Crippen LogP contribution in [0.3, 0.4) is 0 Å². The Bertz CT molecular complexity index is 238. The molecule has 0 aromatic rings. The fourth-order valence-corrected chi connectivity index (χ4v) is 0.734. The van der Waals surface area contributed by atoms with E-state index in [9.17, 15) is 14.4 Å². The first-order valence-corrected chi connectivity index (χ1v) is 3.08. The first-order valence-electron chi connectivity index (χ1n) is 3.08. The van der Waals surface area contributed by atoms with Crippen molar-refractivity contribution in [2.24, 2.45) is 0 Å². The molecule has 66 valence electrons. The quantitative estimate of drug-likeness (QED) is 0.270. The molecule has 1 aliphatic heterocycles. The van der Waals surface area contributed by atoms with E-state index < -0.39 is 24.1 Å². The van der Waals surface area contributed by atoms with Crippen molar-refractivity contribution in [3.05, 3.63) is 0 Å². The van der Waals surface area contributed by atoms with Crippen molar-refractivity contribution < 1.29 is 24.2 Å². The third-order valence-electron chi connectivity index (χ3n) is 1.22. The summed E-state index contributed by atoms with van der Waals surface area (Å²) < 4.78 is 4.13. The van der Waals surface area contributed by atoms with Crippen LogP contribution in [0.4, 0.5) is 4.79 Å². The molecule has 7 nitrogen and oxygen atoms in total. The van der Waals surface area contributed by atoms with Crippen LogP contribution in [0.2, 0.25) is 0 Å². The van der Waals surface area contributed by atoms with E-state index in [-0.39, 0.29) is 6.42 Å². The van der Waals surface area contributed by atoms with Gasteiger partial charge in [0.05, 0.1) is 6.42 Å². The number of esters is 2. The molecule has 1 unspecified atom stereocenters. The van der Waals surface area contributed by atoms with Crippen LogP contribution in [0.1, 0.15) is 6.42 Å². The van der Waals surface area contributed by atoms with E-state index in [4.69, 9.17) is 5.11 Å². The van der Waals surface area contributed by atoms with Gasteiger partial charge >= 0.3 is 18.0 Å². The molecule has 0 aromatic carbocycles. The van der Waals surface area contributed by atoms with E-state index >= 15 is 0 Å². The molecular weight excluding hydrogens is 168 g/mol. The summed E-state index contributed by atoms with van der Waals surface area (Å²) in [5.74, 6) is -1.43. The Morgan fingerprint density at radius 2 is 2.25 bits per heavy atom. The largest absolute Gasteiger partial charge is 0.464 e. The van der Waals surface area contributed by atoms with Gasteiger partial charge in [-0.15, -0.1) is 0 Å². The lowest BCUT2D eigenvalue weighted by molar-refractivity contribution is -0.152. The molecule has 1 fully saturated rings. The Morgan fingerprint density at radius 1 is 1.58 bits per heavy atom. The van der Waals surface area contributed by atoms with Gasteiger partial charge in [-0.25, -0.2) is 15.0 Å². The van der Waals surface area contributed by atoms with Gasteiger partial charge in [0.2, 0.25) is 0 Å². The maximum Gasteiger partial charge on any atom is 0.419 e. The topological polar surface area (TPSA) is 105 Å². The highest BCUT2D eigenvalue weighted by Crippen LogP contribution is 2.06. The second-order valence-corrected chi connectivity index (χ2v) is 2.12. The maximum absolute atomic E-state index is 10.7. The average Bonchev–Trinajstić information content (AvgIpc) is 2.26. The molecule has 3 N–H and O–H groups in total. The third kappa shape index (κ3) is 1.92. The summed E-state index contributed by atoms with van der Waals surface area (Å²) in [7, 11) is 0. The number of carbonyl (C=O) groups is 3. The molecule has 12 heavy (non-hydrogen) atoms. The summed E-state index contributed by atoms with van der Waals surface area (Å²) in [4.78, 5) is 31.0. The number of cyclic esters (lactones) is 2. The molecule has 1 atom stereocenters. The lowest BCUT2D eigenvalue weighted by Crippen LogP contribution is -2.45. The Balaban J connectivity index is 2.38. The van der Waals surface area contributed by atoms with Gasteiger partial charge in [0.25, 0.3) is 0 Å². The van der Waals surface area contributed by atoms with Crippen LogP contribution in [0.5, 0.6) is 0 Å².